The van der Waals surface area contributed by atoms with E-state index in [-0.39, 0.29) is 5.11 Å². The third kappa shape index (κ3) is 4.27. The zero-order chi connectivity index (χ0) is 20.3. The number of benzene rings is 2. The number of nitrogens with zero attached hydrogens (tertiary/aromatic N) is 1. The highest BCUT2D eigenvalue weighted by Crippen LogP contribution is 2.34. The van der Waals surface area contributed by atoms with Crippen molar-refractivity contribution in [2.45, 2.75) is 0 Å². The summed E-state index contributed by atoms with van der Waals surface area (Å²) in [5.74, 6) is 1.11. The Morgan fingerprint density at radius 1 is 1.11 bits per heavy atom. The molecule has 0 unspecified atom stereocenters. The molecule has 1 amide bonds. The van der Waals surface area contributed by atoms with E-state index in [1.54, 1.807) is 37.4 Å². The Balaban J connectivity index is 1.73. The molecule has 10 heteroatoms. The Labute approximate surface area is 175 Å². The number of methoxy groups -OCH3 is 3. The lowest BCUT2D eigenvalue weighted by molar-refractivity contribution is 0.0974. The molecule has 3 rings (SSSR count). The first-order chi connectivity index (χ1) is 13.4. The molecule has 1 heterocycles. The minimum Gasteiger partial charge on any atom is -0.497 e. The zero-order valence-corrected chi connectivity index (χ0v) is 17.6. The van der Waals surface area contributed by atoms with Gasteiger partial charge in [-0.15, -0.1) is 0 Å². The molecule has 28 heavy (non-hydrogen) atoms. The minimum atomic E-state index is -0.414. The third-order valence-electron chi connectivity index (χ3n) is 3.76. The van der Waals surface area contributed by atoms with Gasteiger partial charge in [0.05, 0.1) is 42.1 Å². The van der Waals surface area contributed by atoms with Gasteiger partial charge in [0.15, 0.2) is 10.2 Å². The second-order valence-electron chi connectivity index (χ2n) is 5.45. The summed E-state index contributed by atoms with van der Waals surface area (Å²) in [6.07, 6.45) is 0. The van der Waals surface area contributed by atoms with Crippen molar-refractivity contribution in [2.24, 2.45) is 0 Å². The molecule has 0 fully saturated rings. The molecule has 0 aliphatic carbocycles. The first kappa shape index (κ1) is 20.1. The first-order valence-corrected chi connectivity index (χ1v) is 9.54. The summed E-state index contributed by atoms with van der Waals surface area (Å²) in [4.78, 5) is 16.9. The van der Waals surface area contributed by atoms with Crippen LogP contribution in [0.1, 0.15) is 10.4 Å². The van der Waals surface area contributed by atoms with Crippen molar-refractivity contribution in [1.82, 2.24) is 10.3 Å². The molecule has 1 aromatic heterocycles. The number of carbonyl (C=O) groups is 1. The Kier molecular flexibility index (Phi) is 6.18. The number of rotatable bonds is 5. The summed E-state index contributed by atoms with van der Waals surface area (Å²) in [5, 5.41) is 6.62. The number of aromatic nitrogens is 1. The second-order valence-corrected chi connectivity index (χ2v) is 7.29. The summed E-state index contributed by atoms with van der Waals surface area (Å²) < 4.78 is 16.4. The standard InChI is InChI=1S/C18H16ClN3O4S2/c1-24-9-4-5-10(13(6-9)25-2)16(23)21-17(27)22-18-20-12-7-11(19)14(26-3)8-15(12)28-18/h4-8H,1-3H3,(H2,20,21,22,23,27). The fourth-order valence-electron chi connectivity index (χ4n) is 2.42. The van der Waals surface area contributed by atoms with Crippen molar-refractivity contribution in [3.8, 4) is 17.2 Å². The van der Waals surface area contributed by atoms with Gasteiger partial charge in [0.25, 0.3) is 5.91 Å². The van der Waals surface area contributed by atoms with E-state index in [9.17, 15) is 4.79 Å². The zero-order valence-electron chi connectivity index (χ0n) is 15.2. The van der Waals surface area contributed by atoms with E-state index in [2.05, 4.69) is 15.6 Å². The van der Waals surface area contributed by atoms with Crippen molar-refractivity contribution in [3.63, 3.8) is 0 Å². The van der Waals surface area contributed by atoms with Crippen LogP contribution in [0.25, 0.3) is 10.2 Å². The molecule has 0 saturated heterocycles. The van der Waals surface area contributed by atoms with Gasteiger partial charge in [0, 0.05) is 12.1 Å². The number of hydrogen-bond acceptors (Lipinski definition) is 7. The molecule has 0 bridgehead atoms. The predicted molar refractivity (Wildman–Crippen MR) is 114 cm³/mol. The van der Waals surface area contributed by atoms with Crippen molar-refractivity contribution >= 4 is 61.5 Å². The number of hydrogen-bond donors (Lipinski definition) is 2. The second kappa shape index (κ2) is 8.59. The number of thiazole rings is 1. The summed E-state index contributed by atoms with van der Waals surface area (Å²) in [7, 11) is 4.56. The Hall–Kier alpha value is -2.62. The van der Waals surface area contributed by atoms with Crippen molar-refractivity contribution in [3.05, 3.63) is 40.9 Å². The molecule has 0 atom stereocenters. The van der Waals surface area contributed by atoms with Crippen molar-refractivity contribution < 1.29 is 19.0 Å². The van der Waals surface area contributed by atoms with Gasteiger partial charge >= 0.3 is 0 Å². The highest BCUT2D eigenvalue weighted by atomic mass is 35.5. The average Bonchev–Trinajstić information content (AvgIpc) is 3.06. The van der Waals surface area contributed by atoms with E-state index in [0.29, 0.717) is 38.5 Å². The Morgan fingerprint density at radius 3 is 2.54 bits per heavy atom. The quantitative estimate of drug-likeness (QED) is 0.581. The Bertz CT molecular complexity index is 1050. The van der Waals surface area contributed by atoms with Gasteiger partial charge in [-0.2, -0.15) is 0 Å². The first-order valence-electron chi connectivity index (χ1n) is 7.93. The van der Waals surface area contributed by atoms with E-state index in [1.807, 2.05) is 0 Å². The van der Waals surface area contributed by atoms with Crippen molar-refractivity contribution in [2.75, 3.05) is 26.6 Å². The van der Waals surface area contributed by atoms with Crippen LogP contribution < -0.4 is 24.8 Å². The highest BCUT2D eigenvalue weighted by Gasteiger charge is 2.16. The molecule has 0 saturated carbocycles. The molecule has 2 N–H and O–H groups in total. The fourth-order valence-corrected chi connectivity index (χ4v) is 3.79. The van der Waals surface area contributed by atoms with E-state index in [4.69, 9.17) is 38.0 Å². The molecule has 3 aromatic rings. The monoisotopic (exact) mass is 437 g/mol. The SMILES string of the molecule is COc1ccc(C(=O)NC(=S)Nc2nc3cc(Cl)c(OC)cc3s2)c(OC)c1. The molecule has 7 nitrogen and oxygen atoms in total. The summed E-state index contributed by atoms with van der Waals surface area (Å²) in [6.45, 7) is 0. The molecule has 2 aromatic carbocycles. The predicted octanol–water partition coefficient (Wildman–Crippen LogP) is 4.10. The van der Waals surface area contributed by atoms with Gasteiger partial charge in [-0.05, 0) is 30.4 Å². The molecule has 0 aliphatic heterocycles. The van der Waals surface area contributed by atoms with Crippen molar-refractivity contribution in [1.29, 1.82) is 0 Å². The third-order valence-corrected chi connectivity index (χ3v) is 5.20. The van der Waals surface area contributed by atoms with Crippen LogP contribution >= 0.6 is 35.2 Å². The number of anilines is 1. The molecule has 0 radical (unpaired) electrons. The largest absolute Gasteiger partial charge is 0.497 e. The van der Waals surface area contributed by atoms with Crippen LogP contribution in [0.15, 0.2) is 30.3 Å². The summed E-state index contributed by atoms with van der Waals surface area (Å²) >= 11 is 12.7. The maximum Gasteiger partial charge on any atom is 0.261 e. The number of fused-ring (bicyclic) bond motifs is 1. The fraction of sp³-hybridized carbons (Fsp3) is 0.167. The van der Waals surface area contributed by atoms with Gasteiger partial charge in [0.1, 0.15) is 17.2 Å². The van der Waals surface area contributed by atoms with E-state index >= 15 is 0 Å². The molecule has 0 spiro atoms. The molecule has 0 aliphatic rings. The van der Waals surface area contributed by atoms with Crippen LogP contribution in [0.3, 0.4) is 0 Å². The number of ether oxygens (including phenoxy) is 3. The van der Waals surface area contributed by atoms with Gasteiger partial charge in [-0.3, -0.25) is 10.1 Å². The van der Waals surface area contributed by atoms with E-state index in [1.165, 1.54) is 25.6 Å². The van der Waals surface area contributed by atoms with Crippen LogP contribution in [0.4, 0.5) is 5.13 Å². The van der Waals surface area contributed by atoms with Gasteiger partial charge < -0.3 is 19.5 Å². The topological polar surface area (TPSA) is 81.7 Å². The number of nitrogens with one attached hydrogen (secondary N) is 2. The smallest absolute Gasteiger partial charge is 0.261 e. The molecule has 146 valence electrons. The van der Waals surface area contributed by atoms with Crippen LogP contribution in [0.2, 0.25) is 5.02 Å². The van der Waals surface area contributed by atoms with Crippen LogP contribution in [-0.2, 0) is 0 Å². The molecular weight excluding hydrogens is 422 g/mol. The van der Waals surface area contributed by atoms with E-state index in [0.717, 1.165) is 4.70 Å². The molecular formula is C18H16ClN3O4S2. The summed E-state index contributed by atoms with van der Waals surface area (Å²) in [6, 6.07) is 8.39. The van der Waals surface area contributed by atoms with Gasteiger partial charge in [0.2, 0.25) is 0 Å². The van der Waals surface area contributed by atoms with Crippen LogP contribution in [0.5, 0.6) is 17.2 Å². The lowest BCUT2D eigenvalue weighted by Gasteiger charge is -2.11. The maximum atomic E-state index is 12.5. The number of halogens is 1. The normalized spacial score (nSPS) is 10.4. The highest BCUT2D eigenvalue weighted by molar-refractivity contribution is 7.80. The maximum absolute atomic E-state index is 12.5. The number of thiocarbonyl (C=S) groups is 1. The number of amides is 1. The Morgan fingerprint density at radius 2 is 1.86 bits per heavy atom. The lowest BCUT2D eigenvalue weighted by Crippen LogP contribution is -2.34. The number of carbonyl (C=O) groups excluding carboxylic acids is 1. The minimum absolute atomic E-state index is 0.111. The van der Waals surface area contributed by atoms with Gasteiger partial charge in [-0.25, -0.2) is 4.98 Å². The van der Waals surface area contributed by atoms with Crippen LogP contribution in [0, 0.1) is 0 Å². The average molecular weight is 438 g/mol. The van der Waals surface area contributed by atoms with Crippen LogP contribution in [-0.4, -0.2) is 37.3 Å². The van der Waals surface area contributed by atoms with Gasteiger partial charge in [-0.1, -0.05) is 22.9 Å². The van der Waals surface area contributed by atoms with E-state index < -0.39 is 5.91 Å². The summed E-state index contributed by atoms with van der Waals surface area (Å²) in [5.41, 5.74) is 1.03. The lowest BCUT2D eigenvalue weighted by atomic mass is 10.2.